The first-order chi connectivity index (χ1) is 22.2. The molecule has 0 aliphatic carbocycles. The van der Waals surface area contributed by atoms with Crippen LogP contribution in [0.25, 0.3) is 11.1 Å². The Labute approximate surface area is 266 Å². The number of aliphatic hydroxyl groups is 2. The second kappa shape index (κ2) is 15.2. The topological polar surface area (TPSA) is 88.0 Å². The van der Waals surface area contributed by atoms with Crippen molar-refractivity contribution in [3.8, 4) is 11.1 Å². The van der Waals surface area contributed by atoms with Crippen LogP contribution in [0.2, 0.25) is 0 Å². The first-order valence-corrected chi connectivity index (χ1v) is 15.5. The van der Waals surface area contributed by atoms with Gasteiger partial charge in [-0.2, -0.15) is 11.8 Å². The van der Waals surface area contributed by atoms with E-state index in [4.69, 9.17) is 9.47 Å². The van der Waals surface area contributed by atoms with Gasteiger partial charge in [0, 0.05) is 30.0 Å². The molecule has 6 nitrogen and oxygen atoms in total. The maximum Gasteiger partial charge on any atom is 0.257 e. The molecule has 1 heterocycles. The number of carbonyl (C=O) groups excluding carboxylic acids is 1. The van der Waals surface area contributed by atoms with Gasteiger partial charge >= 0.3 is 0 Å². The molecule has 3 N–H and O–H groups in total. The quantitative estimate of drug-likeness (QED) is 0.0716. The van der Waals surface area contributed by atoms with E-state index in [1.165, 1.54) is 0 Å². The normalized spacial score (nSPS) is 18.0. The van der Waals surface area contributed by atoms with Crippen LogP contribution in [-0.2, 0) is 22.6 Å². The van der Waals surface area contributed by atoms with Crippen LogP contribution in [0.3, 0.4) is 0 Å². The summed E-state index contributed by atoms with van der Waals surface area (Å²) < 4.78 is 81.6. The monoisotopic (exact) mass is 659 g/mol. The fraction of sp³-hybridized carbons (Fsp3) is 0.265. The number of amides is 1. The highest BCUT2D eigenvalue weighted by Crippen LogP contribution is 2.39. The number of benzene rings is 4. The zero-order valence-electron chi connectivity index (χ0n) is 24.3. The van der Waals surface area contributed by atoms with Crippen LogP contribution in [-0.4, -0.2) is 40.3 Å². The van der Waals surface area contributed by atoms with Crippen molar-refractivity contribution in [1.29, 1.82) is 0 Å². The molecule has 1 aliphatic heterocycles. The van der Waals surface area contributed by atoms with Crippen molar-refractivity contribution in [3.05, 3.63) is 130 Å². The Morgan fingerprint density at radius 1 is 0.804 bits per heavy atom. The number of aliphatic hydroxyl groups excluding tert-OH is 2. The minimum atomic E-state index is -2.34. The highest BCUT2D eigenvalue weighted by atomic mass is 32.2. The second-order valence-corrected chi connectivity index (χ2v) is 11.7. The van der Waals surface area contributed by atoms with Crippen molar-refractivity contribution in [2.24, 2.45) is 0 Å². The van der Waals surface area contributed by atoms with Crippen molar-refractivity contribution >= 4 is 17.7 Å². The lowest BCUT2D eigenvalue weighted by molar-refractivity contribution is -0.245. The number of nitrogens with one attached hydrogen (secondary N) is 1. The van der Waals surface area contributed by atoms with E-state index in [0.717, 1.165) is 22.3 Å². The zero-order valence-corrected chi connectivity index (χ0v) is 25.1. The van der Waals surface area contributed by atoms with E-state index in [1.807, 2.05) is 48.5 Å². The lowest BCUT2D eigenvalue weighted by Gasteiger charge is -2.36. The Kier molecular flexibility index (Phi) is 11.1. The van der Waals surface area contributed by atoms with Gasteiger partial charge in [0.2, 0.25) is 5.82 Å². The average molecular weight is 660 g/mol. The molecule has 0 unspecified atom stereocenters. The summed E-state index contributed by atoms with van der Waals surface area (Å²) in [5.74, 6) is -11.4. The summed E-state index contributed by atoms with van der Waals surface area (Å²) in [7, 11) is 0. The van der Waals surface area contributed by atoms with Gasteiger partial charge in [-0.3, -0.25) is 4.79 Å². The molecule has 4 aromatic carbocycles. The molecule has 12 heteroatoms. The van der Waals surface area contributed by atoms with Gasteiger partial charge in [-0.25, -0.2) is 22.0 Å². The summed E-state index contributed by atoms with van der Waals surface area (Å²) in [4.78, 5) is 12.5. The van der Waals surface area contributed by atoms with Crippen LogP contribution in [0.5, 0.6) is 0 Å². The number of halogens is 5. The van der Waals surface area contributed by atoms with Crippen LogP contribution in [0.4, 0.5) is 22.0 Å². The van der Waals surface area contributed by atoms with Crippen LogP contribution in [0.1, 0.15) is 51.4 Å². The predicted octanol–water partition coefficient (Wildman–Crippen LogP) is 6.74. The van der Waals surface area contributed by atoms with Gasteiger partial charge in [-0.05, 0) is 27.8 Å². The molecule has 242 valence electrons. The summed E-state index contributed by atoms with van der Waals surface area (Å²) in [6.07, 6.45) is -0.510. The van der Waals surface area contributed by atoms with E-state index in [-0.39, 0.29) is 32.0 Å². The molecule has 3 atom stereocenters. The van der Waals surface area contributed by atoms with Crippen molar-refractivity contribution in [2.45, 2.75) is 38.1 Å². The molecule has 0 radical (unpaired) electrons. The first kappa shape index (κ1) is 33.6. The lowest BCUT2D eigenvalue weighted by atomic mass is 9.97. The van der Waals surface area contributed by atoms with Gasteiger partial charge in [-0.15, -0.1) is 0 Å². The number of hydrogen-bond donors (Lipinski definition) is 3. The summed E-state index contributed by atoms with van der Waals surface area (Å²) in [6.45, 7) is -0.257. The molecular formula is C34H30F5NO5S. The highest BCUT2D eigenvalue weighted by molar-refractivity contribution is 7.99. The van der Waals surface area contributed by atoms with Crippen LogP contribution in [0.15, 0.2) is 72.8 Å². The van der Waals surface area contributed by atoms with Crippen molar-refractivity contribution in [3.63, 3.8) is 0 Å². The molecule has 4 aromatic rings. The largest absolute Gasteiger partial charge is 0.396 e. The van der Waals surface area contributed by atoms with Gasteiger partial charge in [0.15, 0.2) is 29.6 Å². The molecule has 0 saturated carbocycles. The Morgan fingerprint density at radius 3 is 2.09 bits per heavy atom. The third-order valence-electron chi connectivity index (χ3n) is 7.54. The number of thioether (sulfide) groups is 1. The highest BCUT2D eigenvalue weighted by Gasteiger charge is 2.32. The van der Waals surface area contributed by atoms with Crippen LogP contribution in [0, 0.1) is 29.1 Å². The third-order valence-corrected chi connectivity index (χ3v) is 8.62. The van der Waals surface area contributed by atoms with Crippen LogP contribution >= 0.6 is 11.8 Å². The minimum Gasteiger partial charge on any atom is -0.396 e. The van der Waals surface area contributed by atoms with Crippen molar-refractivity contribution < 1.29 is 46.4 Å². The van der Waals surface area contributed by atoms with E-state index < -0.39 is 46.8 Å². The van der Waals surface area contributed by atoms with E-state index >= 15 is 0 Å². The standard InChI is InChI=1S/C34H30F5NO5S/c35-28-27(29(36)31(38)32(39)30(28)37)33(43)40-16-23-3-1-2-4-25(23)20-9-11-22(12-10-20)34-44-24(18-46-14-13-41)15-26(45-34)21-7-5-19(17-42)6-8-21/h1-12,24,26,34,41-42H,13-18H2,(H,40,43)/t24-,26+,34+/m1/s1. The first-order valence-electron chi connectivity index (χ1n) is 14.4. The van der Waals surface area contributed by atoms with Crippen molar-refractivity contribution in [2.75, 3.05) is 18.1 Å². The molecule has 1 amide bonds. The summed E-state index contributed by atoms with van der Waals surface area (Å²) >= 11 is 1.58. The second-order valence-electron chi connectivity index (χ2n) is 10.6. The number of hydrogen-bond acceptors (Lipinski definition) is 6. The van der Waals surface area contributed by atoms with Gasteiger partial charge in [0.05, 0.1) is 25.4 Å². The molecule has 0 spiro atoms. The summed E-state index contributed by atoms with van der Waals surface area (Å²) in [5.41, 5.74) is 2.85. The van der Waals surface area contributed by atoms with Gasteiger partial charge < -0.3 is 25.0 Å². The fourth-order valence-corrected chi connectivity index (χ4v) is 5.92. The minimum absolute atomic E-state index is 0.0626. The van der Waals surface area contributed by atoms with Gasteiger partial charge in [0.25, 0.3) is 5.91 Å². The van der Waals surface area contributed by atoms with E-state index in [1.54, 1.807) is 36.0 Å². The number of carbonyl (C=O) groups is 1. The molecule has 1 aliphatic rings. The average Bonchev–Trinajstić information content (AvgIpc) is 3.09. The molecule has 0 bridgehead atoms. The lowest BCUT2D eigenvalue weighted by Crippen LogP contribution is -2.31. The molecule has 5 rings (SSSR count). The predicted molar refractivity (Wildman–Crippen MR) is 162 cm³/mol. The van der Waals surface area contributed by atoms with E-state index in [2.05, 4.69) is 5.32 Å². The van der Waals surface area contributed by atoms with E-state index in [9.17, 15) is 37.0 Å². The van der Waals surface area contributed by atoms with Gasteiger partial charge in [0.1, 0.15) is 5.56 Å². The van der Waals surface area contributed by atoms with Gasteiger partial charge in [-0.1, -0.05) is 72.8 Å². The maximum atomic E-state index is 14.1. The zero-order chi connectivity index (χ0) is 32.8. The maximum absolute atomic E-state index is 14.1. The number of ether oxygens (including phenoxy) is 2. The molecule has 1 saturated heterocycles. The fourth-order valence-electron chi connectivity index (χ4n) is 5.15. The Morgan fingerprint density at radius 2 is 1.43 bits per heavy atom. The molecule has 0 aromatic heterocycles. The van der Waals surface area contributed by atoms with Crippen LogP contribution < -0.4 is 5.32 Å². The Balaban J connectivity index is 1.33. The number of rotatable bonds is 11. The smallest absolute Gasteiger partial charge is 0.257 e. The molecule has 46 heavy (non-hydrogen) atoms. The molecule has 1 fully saturated rings. The molecular weight excluding hydrogens is 629 g/mol. The van der Waals surface area contributed by atoms with Crippen molar-refractivity contribution in [1.82, 2.24) is 5.32 Å². The Bertz CT molecular complexity index is 1640. The third kappa shape index (κ3) is 7.42. The SMILES string of the molecule is O=C(NCc1ccccc1-c1ccc([C@H]2O[C@@H](CSCCO)C[C@@H](c3ccc(CO)cc3)O2)cc1)c1c(F)c(F)c(F)c(F)c1F. The summed E-state index contributed by atoms with van der Waals surface area (Å²) in [6, 6.07) is 21.7. The van der Waals surface area contributed by atoms with E-state index in [0.29, 0.717) is 29.1 Å². The summed E-state index contributed by atoms with van der Waals surface area (Å²) in [5, 5.41) is 20.9. The Hall–Kier alpha value is -3.81.